The Morgan fingerprint density at radius 2 is 0.778 bits per heavy atom. The van der Waals surface area contributed by atoms with E-state index in [9.17, 15) is 0 Å². The predicted octanol–water partition coefficient (Wildman–Crippen LogP) is 10.4. The number of rotatable bonds is 2. The van der Waals surface area contributed by atoms with Gasteiger partial charge in [0, 0.05) is 0 Å². The zero-order valence-corrected chi connectivity index (χ0v) is 22.2. The predicted molar refractivity (Wildman–Crippen MR) is 157 cm³/mol. The molecule has 0 radical (unpaired) electrons. The highest BCUT2D eigenvalue weighted by molar-refractivity contribution is 6.20. The molecular formula is C36H34. The molecule has 0 bridgehead atoms. The van der Waals surface area contributed by atoms with Crippen LogP contribution in [-0.4, -0.2) is 0 Å². The van der Waals surface area contributed by atoms with Gasteiger partial charge in [-0.1, -0.05) is 139 Å². The summed E-state index contributed by atoms with van der Waals surface area (Å²) in [6.07, 6.45) is 0. The standard InChI is InChI=1S/C36H34/c1-35(2,3)26-17-13-23(14-18-26)28-21-22-29(24-15-19-27(20-16-24)36(4,5)6)34-31-12-8-10-25-9-7-11-30(32(25)31)33(28)34/h7-22H,1-6H3. The van der Waals surface area contributed by atoms with Crippen molar-refractivity contribution in [2.45, 2.75) is 52.4 Å². The molecule has 1 aliphatic rings. The summed E-state index contributed by atoms with van der Waals surface area (Å²) in [6, 6.07) is 36.6. The molecule has 0 unspecified atom stereocenters. The van der Waals surface area contributed by atoms with Gasteiger partial charge in [0.25, 0.3) is 0 Å². The Kier molecular flexibility index (Phi) is 5.02. The van der Waals surface area contributed by atoms with E-state index in [0.29, 0.717) is 0 Å². The molecule has 0 atom stereocenters. The lowest BCUT2D eigenvalue weighted by atomic mass is 9.83. The molecule has 0 saturated carbocycles. The minimum atomic E-state index is 0.144. The van der Waals surface area contributed by atoms with Gasteiger partial charge in [0.05, 0.1) is 0 Å². The van der Waals surface area contributed by atoms with Crippen LogP contribution in [0.15, 0.2) is 97.1 Å². The number of fused-ring (bicyclic) bond motifs is 3. The summed E-state index contributed by atoms with van der Waals surface area (Å²) in [7, 11) is 0. The molecule has 36 heavy (non-hydrogen) atoms. The summed E-state index contributed by atoms with van der Waals surface area (Å²) in [5, 5.41) is 2.69. The first-order valence-electron chi connectivity index (χ1n) is 13.0. The average molecular weight is 467 g/mol. The Morgan fingerprint density at radius 3 is 1.14 bits per heavy atom. The van der Waals surface area contributed by atoms with Crippen molar-refractivity contribution in [1.29, 1.82) is 0 Å². The first-order chi connectivity index (χ1) is 17.1. The van der Waals surface area contributed by atoms with Crippen molar-refractivity contribution < 1.29 is 0 Å². The summed E-state index contributed by atoms with van der Waals surface area (Å²) in [5.41, 5.74) is 13.6. The monoisotopic (exact) mass is 466 g/mol. The van der Waals surface area contributed by atoms with E-state index >= 15 is 0 Å². The molecule has 1 aliphatic carbocycles. The molecule has 0 aromatic heterocycles. The van der Waals surface area contributed by atoms with Gasteiger partial charge in [-0.15, -0.1) is 0 Å². The van der Waals surface area contributed by atoms with Gasteiger partial charge in [-0.2, -0.15) is 0 Å². The molecule has 0 saturated heterocycles. The van der Waals surface area contributed by atoms with Crippen molar-refractivity contribution >= 4 is 10.8 Å². The van der Waals surface area contributed by atoms with Crippen LogP contribution in [0.25, 0.3) is 55.3 Å². The van der Waals surface area contributed by atoms with Crippen molar-refractivity contribution in [3.8, 4) is 44.5 Å². The summed E-state index contributed by atoms with van der Waals surface area (Å²) < 4.78 is 0. The molecule has 6 rings (SSSR count). The van der Waals surface area contributed by atoms with Crippen LogP contribution in [0.4, 0.5) is 0 Å². The van der Waals surface area contributed by atoms with E-state index in [1.54, 1.807) is 0 Å². The summed E-state index contributed by atoms with van der Waals surface area (Å²) in [5.74, 6) is 0. The molecule has 0 heteroatoms. The fourth-order valence-corrected chi connectivity index (χ4v) is 5.70. The van der Waals surface area contributed by atoms with Crippen LogP contribution in [-0.2, 0) is 10.8 Å². The second kappa shape index (κ2) is 7.93. The Morgan fingerprint density at radius 1 is 0.389 bits per heavy atom. The second-order valence-electron chi connectivity index (χ2n) is 12.3. The summed E-state index contributed by atoms with van der Waals surface area (Å²) in [6.45, 7) is 13.6. The van der Waals surface area contributed by atoms with Gasteiger partial charge in [0.2, 0.25) is 0 Å². The lowest BCUT2D eigenvalue weighted by molar-refractivity contribution is 0.590. The van der Waals surface area contributed by atoms with Gasteiger partial charge >= 0.3 is 0 Å². The lowest BCUT2D eigenvalue weighted by Crippen LogP contribution is -2.10. The quantitative estimate of drug-likeness (QED) is 0.238. The van der Waals surface area contributed by atoms with Gasteiger partial charge in [-0.25, -0.2) is 0 Å². The molecule has 0 N–H and O–H groups in total. The SMILES string of the molecule is CC(C)(C)c1ccc(-c2ccc(-c3ccc(C(C)(C)C)cc3)c3c2-c2cccc4cccc-3c24)cc1. The van der Waals surface area contributed by atoms with Crippen molar-refractivity contribution in [3.63, 3.8) is 0 Å². The van der Waals surface area contributed by atoms with E-state index < -0.39 is 0 Å². The molecule has 0 amide bonds. The smallest absolute Gasteiger partial charge is 0.00139 e. The van der Waals surface area contributed by atoms with Crippen molar-refractivity contribution in [2.75, 3.05) is 0 Å². The molecule has 0 spiro atoms. The van der Waals surface area contributed by atoms with Crippen LogP contribution in [0.5, 0.6) is 0 Å². The maximum Gasteiger partial charge on any atom is -0.00139 e. The molecule has 178 valence electrons. The third-order valence-electron chi connectivity index (χ3n) is 7.77. The van der Waals surface area contributed by atoms with Gasteiger partial charge < -0.3 is 0 Å². The fourth-order valence-electron chi connectivity index (χ4n) is 5.70. The van der Waals surface area contributed by atoms with E-state index in [2.05, 4.69) is 139 Å². The van der Waals surface area contributed by atoms with E-state index in [0.717, 1.165) is 0 Å². The van der Waals surface area contributed by atoms with Crippen LogP contribution in [0.1, 0.15) is 52.7 Å². The Bertz CT molecular complexity index is 1480. The van der Waals surface area contributed by atoms with Crippen molar-refractivity contribution in [1.82, 2.24) is 0 Å². The molecule has 0 heterocycles. The van der Waals surface area contributed by atoms with E-state index in [-0.39, 0.29) is 10.8 Å². The molecule has 5 aromatic rings. The lowest BCUT2D eigenvalue weighted by Gasteiger charge is -2.21. The highest BCUT2D eigenvalue weighted by Gasteiger charge is 2.27. The number of hydrogen-bond donors (Lipinski definition) is 0. The zero-order valence-electron chi connectivity index (χ0n) is 22.2. The molecule has 0 nitrogen and oxygen atoms in total. The number of hydrogen-bond acceptors (Lipinski definition) is 0. The van der Waals surface area contributed by atoms with Crippen LogP contribution in [0.3, 0.4) is 0 Å². The molecule has 0 aliphatic heterocycles. The maximum atomic E-state index is 2.34. The van der Waals surface area contributed by atoms with Gasteiger partial charge in [0.1, 0.15) is 0 Å². The van der Waals surface area contributed by atoms with Crippen LogP contribution in [0.2, 0.25) is 0 Å². The topological polar surface area (TPSA) is 0 Å². The Balaban J connectivity index is 1.61. The third-order valence-corrected chi connectivity index (χ3v) is 7.77. The largest absolute Gasteiger partial charge is 0.0610 e. The first kappa shape index (κ1) is 22.8. The zero-order chi connectivity index (χ0) is 25.2. The molecule has 5 aromatic carbocycles. The first-order valence-corrected chi connectivity index (χ1v) is 13.0. The van der Waals surface area contributed by atoms with E-state index in [4.69, 9.17) is 0 Å². The summed E-state index contributed by atoms with van der Waals surface area (Å²) >= 11 is 0. The minimum absolute atomic E-state index is 0.144. The highest BCUT2D eigenvalue weighted by Crippen LogP contribution is 2.54. The average Bonchev–Trinajstić information content (AvgIpc) is 3.19. The Labute approximate surface area is 215 Å². The van der Waals surface area contributed by atoms with Crippen molar-refractivity contribution in [3.05, 3.63) is 108 Å². The minimum Gasteiger partial charge on any atom is -0.0610 e. The van der Waals surface area contributed by atoms with Crippen LogP contribution < -0.4 is 0 Å². The van der Waals surface area contributed by atoms with Gasteiger partial charge in [-0.3, -0.25) is 0 Å². The number of benzene rings is 5. The van der Waals surface area contributed by atoms with Gasteiger partial charge in [0.15, 0.2) is 0 Å². The fraction of sp³-hybridized carbons (Fsp3) is 0.222. The maximum absolute atomic E-state index is 2.34. The van der Waals surface area contributed by atoms with Gasteiger partial charge in [-0.05, 0) is 77.2 Å². The Hall–Kier alpha value is -3.64. The molecule has 0 fully saturated rings. The molecular weight excluding hydrogens is 432 g/mol. The normalized spacial score (nSPS) is 12.7. The van der Waals surface area contributed by atoms with Crippen LogP contribution in [0, 0.1) is 0 Å². The summed E-state index contributed by atoms with van der Waals surface area (Å²) in [4.78, 5) is 0. The highest BCUT2D eigenvalue weighted by atomic mass is 14.3. The third kappa shape index (κ3) is 3.59. The second-order valence-corrected chi connectivity index (χ2v) is 12.3. The van der Waals surface area contributed by atoms with Crippen molar-refractivity contribution in [2.24, 2.45) is 0 Å². The van der Waals surface area contributed by atoms with E-state index in [1.807, 2.05) is 0 Å². The van der Waals surface area contributed by atoms with Crippen LogP contribution >= 0.6 is 0 Å². The van der Waals surface area contributed by atoms with E-state index in [1.165, 1.54) is 66.4 Å².